The largest absolute Gasteiger partial charge is 0.453 e. The van der Waals surface area contributed by atoms with Crippen molar-refractivity contribution < 1.29 is 4.74 Å². The Bertz CT molecular complexity index is 2300. The monoisotopic (exact) mass is 577 g/mol. The number of fused-ring (bicyclic) bond motifs is 7. The van der Waals surface area contributed by atoms with Crippen LogP contribution in [0.4, 0.5) is 17.1 Å². The number of nitriles is 2. The minimum atomic E-state index is 0.501. The van der Waals surface area contributed by atoms with E-state index in [1.165, 1.54) is 10.8 Å². The van der Waals surface area contributed by atoms with Gasteiger partial charge in [0.15, 0.2) is 11.5 Å². The zero-order chi connectivity index (χ0) is 30.9. The van der Waals surface area contributed by atoms with Gasteiger partial charge in [-0.2, -0.15) is 10.5 Å². The highest BCUT2D eigenvalue weighted by atomic mass is 16.5. The first-order chi connectivity index (χ1) is 22.1. The van der Waals surface area contributed by atoms with Crippen LogP contribution in [0.15, 0.2) is 140 Å². The molecule has 0 aliphatic carbocycles. The zero-order valence-corrected chi connectivity index (χ0v) is 24.7. The van der Waals surface area contributed by atoms with Crippen molar-refractivity contribution in [3.63, 3.8) is 0 Å². The number of rotatable bonds is 2. The van der Waals surface area contributed by atoms with Crippen LogP contribution in [-0.4, -0.2) is 0 Å². The molecule has 0 radical (unpaired) electrons. The number of ether oxygens (including phenoxy) is 1. The summed E-state index contributed by atoms with van der Waals surface area (Å²) in [6.45, 7) is 5.25. The van der Waals surface area contributed by atoms with Crippen molar-refractivity contribution in [1.82, 2.24) is 0 Å². The van der Waals surface area contributed by atoms with E-state index in [9.17, 15) is 10.5 Å². The SMILES string of the molecule is C=CC.N#Cc1cccc(C#N)c1-c1ccc2c(ccc3c4ccc(N5c6ccccc6Oc6ccccc65)cc4ccc23)c1. The van der Waals surface area contributed by atoms with E-state index in [0.29, 0.717) is 16.7 Å². The molecule has 0 amide bonds. The maximum Gasteiger partial charge on any atom is 0.151 e. The van der Waals surface area contributed by atoms with E-state index in [-0.39, 0.29) is 0 Å². The lowest BCUT2D eigenvalue weighted by atomic mass is 9.91. The van der Waals surface area contributed by atoms with E-state index in [0.717, 1.165) is 55.7 Å². The van der Waals surface area contributed by atoms with E-state index in [4.69, 9.17) is 4.74 Å². The maximum absolute atomic E-state index is 9.69. The Hall–Kier alpha value is -6.36. The van der Waals surface area contributed by atoms with Crippen LogP contribution in [0.25, 0.3) is 43.4 Å². The molecule has 1 heterocycles. The van der Waals surface area contributed by atoms with Crippen LogP contribution in [0.1, 0.15) is 18.1 Å². The quantitative estimate of drug-likeness (QED) is 0.151. The second kappa shape index (κ2) is 11.4. The van der Waals surface area contributed by atoms with Gasteiger partial charge in [0.1, 0.15) is 0 Å². The summed E-state index contributed by atoms with van der Waals surface area (Å²) in [4.78, 5) is 2.26. The molecular formula is C41H27N3O. The molecule has 1 aliphatic rings. The molecule has 4 nitrogen and oxygen atoms in total. The molecule has 0 aromatic heterocycles. The normalized spacial score (nSPS) is 11.4. The van der Waals surface area contributed by atoms with Crippen LogP contribution >= 0.6 is 0 Å². The van der Waals surface area contributed by atoms with Crippen LogP contribution in [-0.2, 0) is 0 Å². The molecule has 4 heteroatoms. The summed E-state index contributed by atoms with van der Waals surface area (Å²) < 4.78 is 6.20. The Morgan fingerprint density at radius 2 is 1.11 bits per heavy atom. The lowest BCUT2D eigenvalue weighted by Crippen LogP contribution is -2.15. The molecule has 7 aromatic carbocycles. The van der Waals surface area contributed by atoms with Crippen molar-refractivity contribution in [1.29, 1.82) is 10.5 Å². The Morgan fingerprint density at radius 1 is 0.600 bits per heavy atom. The fraction of sp³-hybridized carbons (Fsp3) is 0.0244. The third-order valence-corrected chi connectivity index (χ3v) is 8.10. The summed E-state index contributed by atoms with van der Waals surface area (Å²) in [7, 11) is 0. The van der Waals surface area contributed by atoms with Gasteiger partial charge in [0.2, 0.25) is 0 Å². The standard InChI is InChI=1S/C38H21N3O.C3H6/c39-22-27-6-5-7-28(23-40)38(27)26-14-16-30-24(20-26)12-17-33-31-19-15-29(21-25(31)13-18-32(30)33)41-34-8-1-3-10-36(34)42-37-11-4-2-9-35(37)41;1-3-2/h1-21H;3H,1H2,2H3. The molecule has 45 heavy (non-hydrogen) atoms. The highest BCUT2D eigenvalue weighted by Crippen LogP contribution is 2.50. The number of para-hydroxylation sites is 4. The summed E-state index contributed by atoms with van der Waals surface area (Å²) in [5, 5.41) is 26.2. The molecule has 0 saturated carbocycles. The van der Waals surface area contributed by atoms with Gasteiger partial charge in [0, 0.05) is 11.3 Å². The number of hydrogen-bond acceptors (Lipinski definition) is 4. The second-order valence-electron chi connectivity index (χ2n) is 10.8. The fourth-order valence-electron chi connectivity index (χ4n) is 6.20. The van der Waals surface area contributed by atoms with E-state index >= 15 is 0 Å². The molecule has 0 N–H and O–H groups in total. The van der Waals surface area contributed by atoms with Crippen molar-refractivity contribution in [2.45, 2.75) is 6.92 Å². The van der Waals surface area contributed by atoms with Gasteiger partial charge in [-0.3, -0.25) is 0 Å². The Morgan fingerprint density at radius 3 is 1.69 bits per heavy atom. The van der Waals surface area contributed by atoms with Gasteiger partial charge < -0.3 is 9.64 Å². The predicted molar refractivity (Wildman–Crippen MR) is 184 cm³/mol. The molecule has 1 aliphatic heterocycles. The number of benzene rings is 7. The van der Waals surface area contributed by atoms with Gasteiger partial charge in [-0.15, -0.1) is 6.58 Å². The van der Waals surface area contributed by atoms with Crippen LogP contribution in [0.3, 0.4) is 0 Å². The molecule has 212 valence electrons. The molecule has 7 aromatic rings. The van der Waals surface area contributed by atoms with Crippen molar-refractivity contribution in [3.05, 3.63) is 151 Å². The highest BCUT2D eigenvalue weighted by molar-refractivity contribution is 6.18. The summed E-state index contributed by atoms with van der Waals surface area (Å²) in [6.07, 6.45) is 1.75. The Balaban J connectivity index is 0.00000104. The van der Waals surface area contributed by atoms with E-state index < -0.39 is 0 Å². The smallest absolute Gasteiger partial charge is 0.151 e. The fourth-order valence-corrected chi connectivity index (χ4v) is 6.20. The highest BCUT2D eigenvalue weighted by Gasteiger charge is 2.25. The predicted octanol–water partition coefficient (Wildman–Crippen LogP) is 11.3. The summed E-state index contributed by atoms with van der Waals surface area (Å²) in [5.74, 6) is 1.67. The molecule has 0 atom stereocenters. The van der Waals surface area contributed by atoms with Gasteiger partial charge in [-0.1, -0.05) is 78.9 Å². The molecule has 0 spiro atoms. The summed E-state index contributed by atoms with van der Waals surface area (Å²) in [5.41, 5.74) is 5.64. The third kappa shape index (κ3) is 4.63. The number of allylic oxidation sites excluding steroid dienone is 1. The van der Waals surface area contributed by atoms with Gasteiger partial charge in [-0.25, -0.2) is 0 Å². The number of nitrogens with zero attached hydrogens (tertiary/aromatic N) is 3. The van der Waals surface area contributed by atoms with Gasteiger partial charge in [0.25, 0.3) is 0 Å². The average molecular weight is 578 g/mol. The topological polar surface area (TPSA) is 60.0 Å². The van der Waals surface area contributed by atoms with Crippen molar-refractivity contribution in [2.24, 2.45) is 0 Å². The summed E-state index contributed by atoms with van der Waals surface area (Å²) in [6, 6.07) is 47.5. The molecule has 0 saturated heterocycles. The number of hydrogen-bond donors (Lipinski definition) is 0. The van der Waals surface area contributed by atoms with Crippen molar-refractivity contribution in [2.75, 3.05) is 4.90 Å². The first-order valence-corrected chi connectivity index (χ1v) is 14.7. The molecule has 0 unspecified atom stereocenters. The van der Waals surface area contributed by atoms with E-state index in [1.54, 1.807) is 24.3 Å². The van der Waals surface area contributed by atoms with Crippen LogP contribution in [0.2, 0.25) is 0 Å². The zero-order valence-electron chi connectivity index (χ0n) is 24.7. The third-order valence-electron chi connectivity index (χ3n) is 8.10. The van der Waals surface area contributed by atoms with Crippen LogP contribution in [0, 0.1) is 22.7 Å². The molecule has 8 rings (SSSR count). The van der Waals surface area contributed by atoms with Crippen molar-refractivity contribution >= 4 is 49.4 Å². The van der Waals surface area contributed by atoms with Gasteiger partial charge >= 0.3 is 0 Å². The van der Waals surface area contributed by atoms with E-state index in [1.807, 2.05) is 49.4 Å². The van der Waals surface area contributed by atoms with Crippen LogP contribution in [0.5, 0.6) is 11.5 Å². The number of anilines is 3. The average Bonchev–Trinajstić information content (AvgIpc) is 3.09. The lowest BCUT2D eigenvalue weighted by Gasteiger charge is -2.32. The second-order valence-corrected chi connectivity index (χ2v) is 10.8. The Labute approximate surface area is 261 Å². The van der Waals surface area contributed by atoms with Crippen LogP contribution < -0.4 is 9.64 Å². The van der Waals surface area contributed by atoms with E-state index in [2.05, 4.69) is 90.3 Å². The first-order valence-electron chi connectivity index (χ1n) is 14.7. The lowest BCUT2D eigenvalue weighted by molar-refractivity contribution is 0.477. The maximum atomic E-state index is 9.69. The first kappa shape index (κ1) is 27.5. The Kier molecular flexibility index (Phi) is 6.95. The minimum absolute atomic E-state index is 0.501. The minimum Gasteiger partial charge on any atom is -0.453 e. The summed E-state index contributed by atoms with van der Waals surface area (Å²) >= 11 is 0. The van der Waals surface area contributed by atoms with Gasteiger partial charge in [0.05, 0.1) is 34.6 Å². The molecule has 0 fully saturated rings. The van der Waals surface area contributed by atoms with Gasteiger partial charge in [-0.05, 0) is 99.4 Å². The molecular weight excluding hydrogens is 550 g/mol. The van der Waals surface area contributed by atoms with Crippen molar-refractivity contribution in [3.8, 4) is 34.8 Å². The molecule has 0 bridgehead atoms.